The summed E-state index contributed by atoms with van der Waals surface area (Å²) in [7, 11) is 0. The SMILES string of the molecule is CCc1ccc(-c2cc(C(=O)N/N=C(\C)c3ccc(C)cc3)[nH]n2)cc1. The molecule has 0 saturated heterocycles. The van der Waals surface area contributed by atoms with Gasteiger partial charge in [0.1, 0.15) is 5.69 Å². The number of aromatic nitrogens is 2. The fourth-order valence-electron chi connectivity index (χ4n) is 2.55. The maximum atomic E-state index is 12.3. The van der Waals surface area contributed by atoms with Crippen LogP contribution in [0.3, 0.4) is 0 Å². The Labute approximate surface area is 153 Å². The summed E-state index contributed by atoms with van der Waals surface area (Å²) in [6.45, 7) is 6.01. The van der Waals surface area contributed by atoms with E-state index in [-0.39, 0.29) is 5.91 Å². The quantitative estimate of drug-likeness (QED) is 0.539. The summed E-state index contributed by atoms with van der Waals surface area (Å²) >= 11 is 0. The molecule has 0 spiro atoms. The molecular weight excluding hydrogens is 324 g/mol. The Bertz CT molecular complexity index is 921. The van der Waals surface area contributed by atoms with Gasteiger partial charge in [-0.2, -0.15) is 10.2 Å². The smallest absolute Gasteiger partial charge is 0.272 e. The molecule has 0 aliphatic heterocycles. The number of aryl methyl sites for hydroxylation is 2. The van der Waals surface area contributed by atoms with E-state index >= 15 is 0 Å². The van der Waals surface area contributed by atoms with Crippen LogP contribution in [0.4, 0.5) is 0 Å². The van der Waals surface area contributed by atoms with Gasteiger partial charge in [0.15, 0.2) is 0 Å². The van der Waals surface area contributed by atoms with Crippen molar-refractivity contribution >= 4 is 11.6 Å². The maximum Gasteiger partial charge on any atom is 0.289 e. The molecule has 0 radical (unpaired) electrons. The van der Waals surface area contributed by atoms with Gasteiger partial charge in [0, 0.05) is 5.56 Å². The predicted octanol–water partition coefficient (Wildman–Crippen LogP) is 4.10. The monoisotopic (exact) mass is 346 g/mol. The van der Waals surface area contributed by atoms with Gasteiger partial charge in [0.05, 0.1) is 11.4 Å². The number of amides is 1. The highest BCUT2D eigenvalue weighted by Crippen LogP contribution is 2.18. The Hall–Kier alpha value is -3.21. The number of hydrogen-bond acceptors (Lipinski definition) is 3. The summed E-state index contributed by atoms with van der Waals surface area (Å²) in [4.78, 5) is 12.3. The van der Waals surface area contributed by atoms with Crippen LogP contribution in [0.2, 0.25) is 0 Å². The van der Waals surface area contributed by atoms with E-state index in [2.05, 4.69) is 39.8 Å². The highest BCUT2D eigenvalue weighted by atomic mass is 16.2. The number of nitrogens with one attached hydrogen (secondary N) is 2. The molecule has 3 rings (SSSR count). The Morgan fingerprint density at radius 2 is 1.81 bits per heavy atom. The van der Waals surface area contributed by atoms with Gasteiger partial charge in [-0.25, -0.2) is 5.43 Å². The molecule has 0 saturated carbocycles. The first kappa shape index (κ1) is 17.6. The van der Waals surface area contributed by atoms with Crippen molar-refractivity contribution in [3.8, 4) is 11.3 Å². The molecule has 3 aromatic rings. The normalized spacial score (nSPS) is 11.4. The summed E-state index contributed by atoms with van der Waals surface area (Å²) in [6, 6.07) is 17.9. The molecular formula is C21H22N4O. The summed E-state index contributed by atoms with van der Waals surface area (Å²) in [5.74, 6) is -0.319. The van der Waals surface area contributed by atoms with Crippen LogP contribution in [0.15, 0.2) is 59.7 Å². The molecule has 0 aliphatic rings. The Morgan fingerprint density at radius 1 is 1.12 bits per heavy atom. The molecule has 0 atom stereocenters. The van der Waals surface area contributed by atoms with Crippen LogP contribution in [0.25, 0.3) is 11.3 Å². The van der Waals surface area contributed by atoms with Crippen LogP contribution < -0.4 is 5.43 Å². The lowest BCUT2D eigenvalue weighted by molar-refractivity contribution is 0.0950. The van der Waals surface area contributed by atoms with Crippen LogP contribution in [0.5, 0.6) is 0 Å². The van der Waals surface area contributed by atoms with E-state index < -0.39 is 0 Å². The van der Waals surface area contributed by atoms with Gasteiger partial charge in [-0.05, 0) is 37.5 Å². The van der Waals surface area contributed by atoms with Gasteiger partial charge in [0.25, 0.3) is 5.91 Å². The van der Waals surface area contributed by atoms with E-state index in [4.69, 9.17) is 0 Å². The first-order valence-electron chi connectivity index (χ1n) is 8.63. The van der Waals surface area contributed by atoms with Crippen LogP contribution in [-0.2, 0) is 6.42 Å². The second-order valence-corrected chi connectivity index (χ2v) is 6.22. The van der Waals surface area contributed by atoms with Crippen molar-refractivity contribution in [2.24, 2.45) is 5.10 Å². The van der Waals surface area contributed by atoms with Crippen molar-refractivity contribution in [3.05, 3.63) is 77.0 Å². The first-order valence-corrected chi connectivity index (χ1v) is 8.63. The van der Waals surface area contributed by atoms with E-state index in [9.17, 15) is 4.79 Å². The van der Waals surface area contributed by atoms with E-state index in [1.165, 1.54) is 11.1 Å². The van der Waals surface area contributed by atoms with Gasteiger partial charge >= 0.3 is 0 Å². The highest BCUT2D eigenvalue weighted by molar-refractivity contribution is 6.00. The third-order valence-corrected chi connectivity index (χ3v) is 4.27. The lowest BCUT2D eigenvalue weighted by atomic mass is 10.1. The predicted molar refractivity (Wildman–Crippen MR) is 104 cm³/mol. The van der Waals surface area contributed by atoms with E-state index in [0.29, 0.717) is 5.69 Å². The van der Waals surface area contributed by atoms with Gasteiger partial charge < -0.3 is 0 Å². The van der Waals surface area contributed by atoms with Crippen molar-refractivity contribution in [1.29, 1.82) is 0 Å². The molecule has 132 valence electrons. The Morgan fingerprint density at radius 3 is 2.46 bits per heavy atom. The fourth-order valence-corrected chi connectivity index (χ4v) is 2.55. The van der Waals surface area contributed by atoms with Crippen molar-refractivity contribution in [2.45, 2.75) is 27.2 Å². The van der Waals surface area contributed by atoms with Crippen LogP contribution in [0, 0.1) is 6.92 Å². The molecule has 1 heterocycles. The van der Waals surface area contributed by atoms with Crippen LogP contribution in [-0.4, -0.2) is 21.8 Å². The number of aromatic amines is 1. The molecule has 0 fully saturated rings. The average molecular weight is 346 g/mol. The molecule has 2 aromatic carbocycles. The lowest BCUT2D eigenvalue weighted by Crippen LogP contribution is -2.19. The molecule has 1 amide bonds. The Balaban J connectivity index is 1.69. The van der Waals surface area contributed by atoms with Crippen molar-refractivity contribution in [3.63, 3.8) is 0 Å². The number of H-pyrrole nitrogens is 1. The van der Waals surface area contributed by atoms with Gasteiger partial charge in [-0.1, -0.05) is 61.0 Å². The summed E-state index contributed by atoms with van der Waals surface area (Å²) in [6.07, 6.45) is 0.993. The van der Waals surface area contributed by atoms with Gasteiger partial charge in [0.2, 0.25) is 0 Å². The van der Waals surface area contributed by atoms with Crippen molar-refractivity contribution in [2.75, 3.05) is 0 Å². The second-order valence-electron chi connectivity index (χ2n) is 6.22. The van der Waals surface area contributed by atoms with E-state index in [1.54, 1.807) is 6.07 Å². The number of nitrogens with zero attached hydrogens (tertiary/aromatic N) is 2. The van der Waals surface area contributed by atoms with E-state index in [1.807, 2.05) is 50.2 Å². The van der Waals surface area contributed by atoms with Crippen LogP contribution >= 0.6 is 0 Å². The third kappa shape index (κ3) is 4.06. The molecule has 5 heteroatoms. The third-order valence-electron chi connectivity index (χ3n) is 4.27. The summed E-state index contributed by atoms with van der Waals surface area (Å²) in [5, 5.41) is 11.2. The van der Waals surface area contributed by atoms with Crippen molar-refractivity contribution in [1.82, 2.24) is 15.6 Å². The maximum absolute atomic E-state index is 12.3. The number of hydrazone groups is 1. The Kier molecular flexibility index (Phi) is 5.27. The number of benzene rings is 2. The molecule has 26 heavy (non-hydrogen) atoms. The number of rotatable bonds is 5. The zero-order valence-electron chi connectivity index (χ0n) is 15.2. The van der Waals surface area contributed by atoms with Gasteiger partial charge in [-0.15, -0.1) is 0 Å². The topological polar surface area (TPSA) is 70.1 Å². The molecule has 1 aromatic heterocycles. The number of carbonyl (C=O) groups excluding carboxylic acids is 1. The van der Waals surface area contributed by atoms with Crippen molar-refractivity contribution < 1.29 is 4.79 Å². The minimum atomic E-state index is -0.319. The molecule has 0 unspecified atom stereocenters. The lowest BCUT2D eigenvalue weighted by Gasteiger charge is -2.02. The highest BCUT2D eigenvalue weighted by Gasteiger charge is 2.11. The zero-order valence-corrected chi connectivity index (χ0v) is 15.2. The minimum absolute atomic E-state index is 0.319. The fraction of sp³-hybridized carbons (Fsp3) is 0.190. The number of carbonyl (C=O) groups is 1. The zero-order chi connectivity index (χ0) is 18.5. The van der Waals surface area contributed by atoms with Crippen LogP contribution in [0.1, 0.15) is 41.0 Å². The summed E-state index contributed by atoms with van der Waals surface area (Å²) in [5.41, 5.74) is 8.81. The molecule has 5 nitrogen and oxygen atoms in total. The number of hydrogen-bond donors (Lipinski definition) is 2. The second kappa shape index (κ2) is 7.78. The summed E-state index contributed by atoms with van der Waals surface area (Å²) < 4.78 is 0. The minimum Gasteiger partial charge on any atom is -0.272 e. The largest absolute Gasteiger partial charge is 0.289 e. The van der Waals surface area contributed by atoms with E-state index in [0.717, 1.165) is 29.0 Å². The first-order chi connectivity index (χ1) is 12.6. The molecule has 0 aliphatic carbocycles. The standard InChI is InChI=1S/C21H22N4O/c1-4-16-7-11-18(12-8-16)19-13-20(24-23-19)21(26)25-22-15(3)17-9-5-14(2)6-10-17/h5-13H,4H2,1-3H3,(H,23,24)(H,25,26)/b22-15+. The van der Waals surface area contributed by atoms with Gasteiger partial charge in [-0.3, -0.25) is 9.89 Å². The molecule has 0 bridgehead atoms. The average Bonchev–Trinajstić information content (AvgIpc) is 3.17. The molecule has 2 N–H and O–H groups in total.